The number of rotatable bonds is 6. The predicted octanol–water partition coefficient (Wildman–Crippen LogP) is 2.06. The van der Waals surface area contributed by atoms with Crippen LogP contribution in [0.4, 0.5) is 0 Å². The van der Waals surface area contributed by atoms with Crippen LogP contribution in [0.2, 0.25) is 0 Å². The Labute approximate surface area is 117 Å². The normalized spacial score (nSPS) is 10.7. The summed E-state index contributed by atoms with van der Waals surface area (Å²) in [5.74, 6) is -1.04. The number of hydrogen-bond donors (Lipinski definition) is 2. The van der Waals surface area contributed by atoms with E-state index in [0.717, 1.165) is 17.7 Å². The molecule has 0 fully saturated rings. The van der Waals surface area contributed by atoms with E-state index >= 15 is 0 Å². The van der Waals surface area contributed by atoms with Crippen LogP contribution in [0.5, 0.6) is 0 Å². The first-order chi connectivity index (χ1) is 9.67. The van der Waals surface area contributed by atoms with Gasteiger partial charge in [-0.3, -0.25) is 0 Å². The molecule has 1 heterocycles. The third kappa shape index (κ3) is 2.88. The van der Waals surface area contributed by atoms with Gasteiger partial charge in [0.2, 0.25) is 0 Å². The monoisotopic (exact) mass is 274 g/mol. The van der Waals surface area contributed by atoms with Gasteiger partial charge >= 0.3 is 5.97 Å². The zero-order valence-corrected chi connectivity index (χ0v) is 11.4. The van der Waals surface area contributed by atoms with Gasteiger partial charge in [0.15, 0.2) is 5.69 Å². The highest BCUT2D eigenvalue weighted by atomic mass is 16.4. The molecule has 106 valence electrons. The van der Waals surface area contributed by atoms with Crippen LogP contribution in [0.25, 0.3) is 5.69 Å². The third-order valence-electron chi connectivity index (χ3n) is 3.22. The number of aryl methyl sites for hydroxylation is 2. The summed E-state index contributed by atoms with van der Waals surface area (Å²) in [6.45, 7) is 2.09. The highest BCUT2D eigenvalue weighted by molar-refractivity contribution is 5.87. The molecule has 0 atom stereocenters. The second-order valence-electron chi connectivity index (χ2n) is 4.56. The van der Waals surface area contributed by atoms with Crippen LogP contribution in [-0.4, -0.2) is 32.6 Å². The molecule has 1 aromatic carbocycles. The molecule has 0 aliphatic rings. The fourth-order valence-electron chi connectivity index (χ4n) is 2.20. The topological polar surface area (TPSA) is 75.4 Å². The summed E-state index contributed by atoms with van der Waals surface area (Å²) >= 11 is 0. The standard InChI is InChI=1S/C15H18N2O3/c1-2-11-6-3-4-8-13(11)17-10-12(7-5-9-18)14(16-17)15(19)20/h3-4,6,8,10,18H,2,5,7,9H2,1H3,(H,19,20). The zero-order valence-electron chi connectivity index (χ0n) is 11.4. The molecule has 0 aliphatic carbocycles. The van der Waals surface area contributed by atoms with Gasteiger partial charge in [-0.2, -0.15) is 5.10 Å². The van der Waals surface area contributed by atoms with E-state index < -0.39 is 5.97 Å². The molecule has 5 heteroatoms. The maximum absolute atomic E-state index is 11.2. The first-order valence-electron chi connectivity index (χ1n) is 6.68. The summed E-state index contributed by atoms with van der Waals surface area (Å²) in [4.78, 5) is 11.2. The smallest absolute Gasteiger partial charge is 0.356 e. The maximum atomic E-state index is 11.2. The average molecular weight is 274 g/mol. The van der Waals surface area contributed by atoms with E-state index in [0.29, 0.717) is 18.4 Å². The van der Waals surface area contributed by atoms with Crippen molar-refractivity contribution < 1.29 is 15.0 Å². The van der Waals surface area contributed by atoms with Crippen molar-refractivity contribution in [2.24, 2.45) is 0 Å². The minimum absolute atomic E-state index is 0.0375. The van der Waals surface area contributed by atoms with Gasteiger partial charge in [0.05, 0.1) is 5.69 Å². The quantitative estimate of drug-likeness (QED) is 0.845. The molecule has 0 amide bonds. The van der Waals surface area contributed by atoms with Crippen LogP contribution in [0.1, 0.15) is 35.0 Å². The molecule has 0 saturated carbocycles. The molecule has 0 saturated heterocycles. The minimum atomic E-state index is -1.04. The van der Waals surface area contributed by atoms with Crippen molar-refractivity contribution in [3.05, 3.63) is 47.3 Å². The number of carboxylic acids is 1. The number of hydrogen-bond acceptors (Lipinski definition) is 3. The van der Waals surface area contributed by atoms with Gasteiger partial charge in [0.1, 0.15) is 0 Å². The third-order valence-corrected chi connectivity index (χ3v) is 3.22. The molecular weight excluding hydrogens is 256 g/mol. The van der Waals surface area contributed by atoms with Crippen molar-refractivity contribution in [2.75, 3.05) is 6.61 Å². The molecule has 20 heavy (non-hydrogen) atoms. The first-order valence-corrected chi connectivity index (χ1v) is 6.68. The Kier molecular flexibility index (Phi) is 4.53. The molecule has 5 nitrogen and oxygen atoms in total. The number of carbonyl (C=O) groups is 1. The first kappa shape index (κ1) is 14.3. The van der Waals surface area contributed by atoms with Crippen molar-refractivity contribution in [3.8, 4) is 5.69 Å². The molecule has 0 unspecified atom stereocenters. The molecule has 1 aromatic heterocycles. The molecule has 2 N–H and O–H groups in total. The van der Waals surface area contributed by atoms with Gasteiger partial charge in [0, 0.05) is 18.4 Å². The van der Waals surface area contributed by atoms with Crippen LogP contribution in [0.15, 0.2) is 30.5 Å². The van der Waals surface area contributed by atoms with Gasteiger partial charge in [-0.05, 0) is 30.9 Å². The number of benzene rings is 1. The van der Waals surface area contributed by atoms with Crippen LogP contribution < -0.4 is 0 Å². The predicted molar refractivity (Wildman–Crippen MR) is 75.3 cm³/mol. The van der Waals surface area contributed by atoms with Crippen molar-refractivity contribution in [1.29, 1.82) is 0 Å². The van der Waals surface area contributed by atoms with E-state index in [-0.39, 0.29) is 12.3 Å². The second kappa shape index (κ2) is 6.34. The van der Waals surface area contributed by atoms with Crippen LogP contribution in [0.3, 0.4) is 0 Å². The Hall–Kier alpha value is -2.14. The van der Waals surface area contributed by atoms with Gasteiger partial charge < -0.3 is 10.2 Å². The summed E-state index contributed by atoms with van der Waals surface area (Å²) in [5, 5.41) is 22.3. The average Bonchev–Trinajstić information content (AvgIpc) is 2.89. The lowest BCUT2D eigenvalue weighted by Crippen LogP contribution is -2.04. The lowest BCUT2D eigenvalue weighted by atomic mass is 10.1. The van der Waals surface area contributed by atoms with Crippen LogP contribution in [0, 0.1) is 0 Å². The Balaban J connectivity index is 2.44. The molecule has 0 radical (unpaired) electrons. The molecule has 2 rings (SSSR count). The molecule has 2 aromatic rings. The summed E-state index contributed by atoms with van der Waals surface area (Å²) in [5.41, 5.74) is 2.72. The fraction of sp³-hybridized carbons (Fsp3) is 0.333. The van der Waals surface area contributed by atoms with Crippen molar-refractivity contribution >= 4 is 5.97 Å². The number of para-hydroxylation sites is 1. The molecular formula is C15H18N2O3. The van der Waals surface area contributed by atoms with E-state index in [9.17, 15) is 9.90 Å². The highest BCUT2D eigenvalue weighted by Crippen LogP contribution is 2.18. The lowest BCUT2D eigenvalue weighted by molar-refractivity contribution is 0.0688. The SMILES string of the molecule is CCc1ccccc1-n1cc(CCCO)c(C(=O)O)n1. The van der Waals surface area contributed by atoms with Crippen LogP contribution >= 0.6 is 0 Å². The Morgan fingerprint density at radius 1 is 1.30 bits per heavy atom. The number of carboxylic acid groups (broad SMARTS) is 1. The molecule has 0 bridgehead atoms. The maximum Gasteiger partial charge on any atom is 0.356 e. The number of nitrogens with zero attached hydrogens (tertiary/aromatic N) is 2. The fourth-order valence-corrected chi connectivity index (χ4v) is 2.20. The van der Waals surface area contributed by atoms with Gasteiger partial charge in [-0.1, -0.05) is 25.1 Å². The largest absolute Gasteiger partial charge is 0.476 e. The van der Waals surface area contributed by atoms with Crippen molar-refractivity contribution in [1.82, 2.24) is 9.78 Å². The van der Waals surface area contributed by atoms with E-state index in [4.69, 9.17) is 5.11 Å². The summed E-state index contributed by atoms with van der Waals surface area (Å²) in [6.07, 6.45) is 3.63. The number of aliphatic hydroxyl groups excluding tert-OH is 1. The highest BCUT2D eigenvalue weighted by Gasteiger charge is 2.16. The van der Waals surface area contributed by atoms with E-state index in [1.807, 2.05) is 31.2 Å². The zero-order chi connectivity index (χ0) is 14.5. The van der Waals surface area contributed by atoms with Crippen molar-refractivity contribution in [2.45, 2.75) is 26.2 Å². The molecule has 0 spiro atoms. The Morgan fingerprint density at radius 3 is 2.70 bits per heavy atom. The number of aromatic nitrogens is 2. The van der Waals surface area contributed by atoms with E-state index in [2.05, 4.69) is 5.10 Å². The van der Waals surface area contributed by atoms with Gasteiger partial charge in [-0.15, -0.1) is 0 Å². The Bertz CT molecular complexity index is 605. The summed E-state index contributed by atoms with van der Waals surface area (Å²) < 4.78 is 1.62. The molecule has 0 aliphatic heterocycles. The van der Waals surface area contributed by atoms with Crippen molar-refractivity contribution in [3.63, 3.8) is 0 Å². The number of aliphatic hydroxyl groups is 1. The Morgan fingerprint density at radius 2 is 2.05 bits per heavy atom. The van der Waals surface area contributed by atoms with E-state index in [1.54, 1.807) is 10.9 Å². The summed E-state index contributed by atoms with van der Waals surface area (Å²) in [6, 6.07) is 7.79. The minimum Gasteiger partial charge on any atom is -0.476 e. The van der Waals surface area contributed by atoms with E-state index in [1.165, 1.54) is 0 Å². The second-order valence-corrected chi connectivity index (χ2v) is 4.56. The van der Waals surface area contributed by atoms with Crippen LogP contribution in [-0.2, 0) is 12.8 Å². The van der Waals surface area contributed by atoms with Gasteiger partial charge in [0.25, 0.3) is 0 Å². The lowest BCUT2D eigenvalue weighted by Gasteiger charge is -2.06. The number of aromatic carboxylic acids is 1. The van der Waals surface area contributed by atoms with Gasteiger partial charge in [-0.25, -0.2) is 9.48 Å². The summed E-state index contributed by atoms with van der Waals surface area (Å²) in [7, 11) is 0.